The van der Waals surface area contributed by atoms with Crippen LogP contribution in [0.4, 0.5) is 0 Å². The molecule has 52 heavy (non-hydrogen) atoms. The fraction of sp³-hybridized carbons (Fsp3) is 0.0213. The number of nitrogens with one attached hydrogen (secondary N) is 1. The van der Waals surface area contributed by atoms with Gasteiger partial charge in [-0.1, -0.05) is 121 Å². The van der Waals surface area contributed by atoms with Crippen molar-refractivity contribution in [3.8, 4) is 22.3 Å². The molecule has 3 heterocycles. The molecule has 2 aliphatic rings. The van der Waals surface area contributed by atoms with Gasteiger partial charge in [-0.3, -0.25) is 0 Å². The van der Waals surface area contributed by atoms with Crippen molar-refractivity contribution >= 4 is 96.2 Å². The van der Waals surface area contributed by atoms with Crippen molar-refractivity contribution in [3.05, 3.63) is 168 Å². The first-order valence-corrected chi connectivity index (χ1v) is 19.2. The Morgan fingerprint density at radius 1 is 0.481 bits per heavy atom. The Morgan fingerprint density at radius 2 is 1.21 bits per heavy atom. The molecule has 1 aliphatic carbocycles. The third-order valence-corrected chi connectivity index (χ3v) is 13.2. The van der Waals surface area contributed by atoms with Crippen LogP contribution < -0.4 is 5.32 Å². The molecule has 1 atom stereocenters. The van der Waals surface area contributed by atoms with Gasteiger partial charge in [-0.05, 0) is 68.6 Å². The van der Waals surface area contributed by atoms with E-state index in [1.54, 1.807) is 0 Å². The zero-order valence-corrected chi connectivity index (χ0v) is 29.4. The molecular weight excluding hydrogens is 671 g/mol. The van der Waals surface area contributed by atoms with Gasteiger partial charge in [0.15, 0.2) is 5.84 Å². The minimum absolute atomic E-state index is 0.341. The molecule has 242 valence electrons. The van der Waals surface area contributed by atoms with Gasteiger partial charge in [0.2, 0.25) is 0 Å². The summed E-state index contributed by atoms with van der Waals surface area (Å²) in [4.78, 5) is 10.8. The van der Waals surface area contributed by atoms with Gasteiger partial charge < -0.3 is 5.32 Å². The maximum Gasteiger partial charge on any atom is 0.159 e. The Labute approximate surface area is 306 Å². The second kappa shape index (κ2) is 10.7. The lowest BCUT2D eigenvalue weighted by atomic mass is 9.98. The van der Waals surface area contributed by atoms with E-state index in [1.807, 2.05) is 22.7 Å². The number of hydrogen-bond acceptors (Lipinski definition) is 5. The van der Waals surface area contributed by atoms with Crippen molar-refractivity contribution in [1.82, 2.24) is 5.32 Å². The predicted molar refractivity (Wildman–Crippen MR) is 223 cm³/mol. The highest BCUT2D eigenvalue weighted by Gasteiger charge is 2.28. The molecule has 2 aromatic heterocycles. The van der Waals surface area contributed by atoms with Crippen LogP contribution in [0.15, 0.2) is 162 Å². The molecule has 10 aromatic rings. The van der Waals surface area contributed by atoms with E-state index < -0.39 is 0 Å². The Kier molecular flexibility index (Phi) is 5.87. The summed E-state index contributed by atoms with van der Waals surface area (Å²) in [7, 11) is 0. The van der Waals surface area contributed by atoms with Crippen LogP contribution in [0.3, 0.4) is 0 Å². The monoisotopic (exact) mass is 697 g/mol. The topological polar surface area (TPSA) is 36.8 Å². The molecule has 0 saturated carbocycles. The van der Waals surface area contributed by atoms with Crippen LogP contribution in [-0.2, 0) is 0 Å². The average molecular weight is 698 g/mol. The average Bonchev–Trinajstić information content (AvgIpc) is 3.88. The Balaban J connectivity index is 1.08. The number of benzene rings is 8. The van der Waals surface area contributed by atoms with E-state index in [0.29, 0.717) is 0 Å². The Morgan fingerprint density at radius 3 is 2.13 bits per heavy atom. The first-order valence-electron chi connectivity index (χ1n) is 17.6. The van der Waals surface area contributed by atoms with E-state index in [0.717, 1.165) is 28.4 Å². The molecule has 0 bridgehead atoms. The third-order valence-electron chi connectivity index (χ3n) is 10.9. The van der Waals surface area contributed by atoms with Crippen LogP contribution >= 0.6 is 22.7 Å². The molecule has 0 radical (unpaired) electrons. The summed E-state index contributed by atoms with van der Waals surface area (Å²) in [5, 5.41) is 13.9. The van der Waals surface area contributed by atoms with Gasteiger partial charge in [-0.15, -0.1) is 22.7 Å². The van der Waals surface area contributed by atoms with Crippen LogP contribution in [-0.4, -0.2) is 11.7 Å². The van der Waals surface area contributed by atoms with E-state index in [9.17, 15) is 0 Å². The molecule has 8 aromatic carbocycles. The van der Waals surface area contributed by atoms with Crippen LogP contribution in [0.25, 0.3) is 84.1 Å². The van der Waals surface area contributed by atoms with Crippen molar-refractivity contribution in [2.75, 3.05) is 0 Å². The smallest absolute Gasteiger partial charge is 0.159 e. The predicted octanol–water partition coefficient (Wildman–Crippen LogP) is 12.9. The lowest BCUT2D eigenvalue weighted by Crippen LogP contribution is -2.33. The normalized spacial score (nSPS) is 15.1. The molecule has 1 unspecified atom stereocenters. The minimum atomic E-state index is -0.341. The highest BCUT2D eigenvalue weighted by Crippen LogP contribution is 2.53. The summed E-state index contributed by atoms with van der Waals surface area (Å²) in [6.07, 6.45) is -0.341. The molecule has 5 heteroatoms. The molecular formula is C47H27N3S2. The standard InChI is InChI=1S/C47H27N3S2/c1-2-13-29-26(9-1)10-5-16-33(29)46-48-45(28-21-24-39-37(25-28)30-14-3-4-19-38(30)51-39)49-47(50-46)36-18-8-20-40-42(36)35-23-22-32-31-15-6-11-27-12-7-17-34(41(27)31)43(32)44(35)52-40/h1-25,47H,(H,48,49,50). The number of nitrogens with zero attached hydrogens (tertiary/aromatic N) is 2. The van der Waals surface area contributed by atoms with Gasteiger partial charge in [0.1, 0.15) is 12.0 Å². The number of thiophene rings is 2. The van der Waals surface area contributed by atoms with Gasteiger partial charge >= 0.3 is 0 Å². The molecule has 12 rings (SSSR count). The first-order chi connectivity index (χ1) is 25.8. The van der Waals surface area contributed by atoms with Crippen molar-refractivity contribution in [3.63, 3.8) is 0 Å². The summed E-state index contributed by atoms with van der Waals surface area (Å²) < 4.78 is 5.17. The van der Waals surface area contributed by atoms with E-state index in [-0.39, 0.29) is 6.17 Å². The van der Waals surface area contributed by atoms with E-state index in [2.05, 4.69) is 157 Å². The van der Waals surface area contributed by atoms with Gasteiger partial charge in [0, 0.05) is 62.6 Å². The zero-order chi connectivity index (χ0) is 33.9. The van der Waals surface area contributed by atoms with Crippen LogP contribution in [0.2, 0.25) is 0 Å². The lowest BCUT2D eigenvalue weighted by molar-refractivity contribution is 0.680. The number of amidine groups is 2. The third kappa shape index (κ3) is 4.00. The molecule has 0 fully saturated rings. The minimum Gasteiger partial charge on any atom is -0.344 e. The van der Waals surface area contributed by atoms with Crippen LogP contribution in [0.5, 0.6) is 0 Å². The summed E-state index contributed by atoms with van der Waals surface area (Å²) >= 11 is 3.73. The zero-order valence-electron chi connectivity index (χ0n) is 27.7. The van der Waals surface area contributed by atoms with Crippen LogP contribution in [0, 0.1) is 0 Å². The second-order valence-corrected chi connectivity index (χ2v) is 15.8. The molecule has 1 N–H and O–H groups in total. The van der Waals surface area contributed by atoms with Gasteiger partial charge in [-0.2, -0.15) is 0 Å². The van der Waals surface area contributed by atoms with Crippen molar-refractivity contribution in [2.24, 2.45) is 9.98 Å². The quantitative estimate of drug-likeness (QED) is 0.196. The molecule has 3 nitrogen and oxygen atoms in total. The van der Waals surface area contributed by atoms with Crippen molar-refractivity contribution < 1.29 is 0 Å². The summed E-state index contributed by atoms with van der Waals surface area (Å²) in [5.41, 5.74) is 8.59. The lowest BCUT2D eigenvalue weighted by Gasteiger charge is -2.25. The molecule has 0 spiro atoms. The van der Waals surface area contributed by atoms with E-state index in [4.69, 9.17) is 9.98 Å². The van der Waals surface area contributed by atoms with E-state index >= 15 is 0 Å². The highest BCUT2D eigenvalue weighted by molar-refractivity contribution is 7.26. The second-order valence-electron chi connectivity index (χ2n) is 13.7. The molecule has 1 aliphatic heterocycles. The van der Waals surface area contributed by atoms with Gasteiger partial charge in [0.25, 0.3) is 0 Å². The summed E-state index contributed by atoms with van der Waals surface area (Å²) in [5.74, 6) is 1.57. The SMILES string of the molecule is c1ccc2c(C3=NC(c4ccc5sc6ccccc6c5c4)=NC(c4cccc5sc6c7c(ccc6c45)-c4cccc5cccc-7c45)N3)cccc2c1. The van der Waals surface area contributed by atoms with Gasteiger partial charge in [0.05, 0.1) is 0 Å². The fourth-order valence-electron chi connectivity index (χ4n) is 8.58. The summed E-state index contributed by atoms with van der Waals surface area (Å²) in [6.45, 7) is 0. The Bertz CT molecular complexity index is 3220. The number of rotatable bonds is 3. The Hall–Kier alpha value is -6.14. The maximum absolute atomic E-state index is 5.45. The van der Waals surface area contributed by atoms with E-state index in [1.165, 1.54) is 84.1 Å². The first kappa shape index (κ1) is 28.5. The highest BCUT2D eigenvalue weighted by atomic mass is 32.1. The van der Waals surface area contributed by atoms with Crippen LogP contribution in [0.1, 0.15) is 22.9 Å². The summed E-state index contributed by atoms with van der Waals surface area (Å²) in [6, 6.07) is 55.1. The largest absolute Gasteiger partial charge is 0.344 e. The molecule has 0 saturated heterocycles. The molecule has 0 amide bonds. The van der Waals surface area contributed by atoms with Crippen molar-refractivity contribution in [1.29, 1.82) is 0 Å². The van der Waals surface area contributed by atoms with Crippen molar-refractivity contribution in [2.45, 2.75) is 6.17 Å². The fourth-order valence-corrected chi connectivity index (χ4v) is 11.0. The number of hydrogen-bond donors (Lipinski definition) is 1. The number of fused-ring (bicyclic) bond motifs is 11. The number of aliphatic imine (C=N–C) groups is 2. The maximum atomic E-state index is 5.45. The van der Waals surface area contributed by atoms with Gasteiger partial charge in [-0.25, -0.2) is 9.98 Å².